The molecule has 1 saturated carbocycles. The number of aromatic nitrogens is 1. The van der Waals surface area contributed by atoms with Gasteiger partial charge in [0.25, 0.3) is 0 Å². The zero-order valence-electron chi connectivity index (χ0n) is 14.7. The van der Waals surface area contributed by atoms with Crippen LogP contribution in [0.15, 0.2) is 22.7 Å². The van der Waals surface area contributed by atoms with E-state index in [1.54, 1.807) is 6.07 Å². The smallest absolute Gasteiger partial charge is 0.180 e. The van der Waals surface area contributed by atoms with Crippen molar-refractivity contribution in [3.05, 3.63) is 24.0 Å². The van der Waals surface area contributed by atoms with Crippen LogP contribution in [0.4, 0.5) is 10.2 Å². The van der Waals surface area contributed by atoms with Crippen molar-refractivity contribution in [3.8, 4) is 0 Å². The molecule has 5 nitrogen and oxygen atoms in total. The molecule has 0 atom stereocenters. The maximum absolute atomic E-state index is 13.5. The fraction of sp³-hybridized carbons (Fsp3) is 0.632. The van der Waals surface area contributed by atoms with Gasteiger partial charge in [-0.2, -0.15) is 0 Å². The van der Waals surface area contributed by atoms with Gasteiger partial charge in [-0.05, 0) is 62.8 Å². The molecule has 6 heteroatoms. The van der Waals surface area contributed by atoms with Gasteiger partial charge in [-0.1, -0.05) is 5.16 Å². The summed E-state index contributed by atoms with van der Waals surface area (Å²) in [5.41, 5.74) is 6.64. The molecule has 136 valence electrons. The van der Waals surface area contributed by atoms with Gasteiger partial charge < -0.3 is 15.2 Å². The fourth-order valence-electron chi connectivity index (χ4n) is 4.15. The summed E-state index contributed by atoms with van der Waals surface area (Å²) in [6.07, 6.45) is 6.24. The Morgan fingerprint density at radius 3 is 2.64 bits per heavy atom. The van der Waals surface area contributed by atoms with Gasteiger partial charge in [0.1, 0.15) is 5.82 Å². The van der Waals surface area contributed by atoms with Crippen LogP contribution in [0.25, 0.3) is 11.0 Å². The Morgan fingerprint density at radius 1 is 1.12 bits per heavy atom. The molecule has 2 fully saturated rings. The van der Waals surface area contributed by atoms with E-state index in [0.29, 0.717) is 11.6 Å². The first-order chi connectivity index (χ1) is 12.2. The third-order valence-electron chi connectivity index (χ3n) is 5.83. The van der Waals surface area contributed by atoms with Crippen molar-refractivity contribution < 1.29 is 8.91 Å². The minimum atomic E-state index is -0.247. The number of nitrogens with two attached hydrogens (primary N) is 1. The first-order valence-electron chi connectivity index (χ1n) is 9.47. The molecule has 0 bridgehead atoms. The predicted molar refractivity (Wildman–Crippen MR) is 97.2 cm³/mol. The number of anilines is 1. The molecule has 2 heterocycles. The van der Waals surface area contributed by atoms with Crippen LogP contribution in [0.3, 0.4) is 0 Å². The average molecular weight is 346 g/mol. The lowest BCUT2D eigenvalue weighted by molar-refractivity contribution is 0.216. The molecule has 2 aliphatic rings. The highest BCUT2D eigenvalue weighted by Gasteiger charge is 2.23. The van der Waals surface area contributed by atoms with Crippen molar-refractivity contribution in [1.29, 1.82) is 0 Å². The summed E-state index contributed by atoms with van der Waals surface area (Å²) in [5.74, 6) is 1.37. The first-order valence-corrected chi connectivity index (χ1v) is 9.47. The van der Waals surface area contributed by atoms with Crippen LogP contribution >= 0.6 is 0 Å². The highest BCUT2D eigenvalue weighted by molar-refractivity contribution is 5.88. The maximum Gasteiger partial charge on any atom is 0.180 e. The highest BCUT2D eigenvalue weighted by atomic mass is 19.1. The number of benzene rings is 1. The number of rotatable bonds is 4. The summed E-state index contributed by atoms with van der Waals surface area (Å²) in [6.45, 7) is 5.04. The second kappa shape index (κ2) is 7.30. The summed E-state index contributed by atoms with van der Waals surface area (Å²) in [7, 11) is 0. The van der Waals surface area contributed by atoms with Crippen molar-refractivity contribution in [2.45, 2.75) is 38.1 Å². The van der Waals surface area contributed by atoms with Crippen LogP contribution in [-0.4, -0.2) is 48.8 Å². The van der Waals surface area contributed by atoms with Gasteiger partial charge in [0.2, 0.25) is 0 Å². The van der Waals surface area contributed by atoms with E-state index in [0.717, 1.165) is 43.3 Å². The Balaban J connectivity index is 1.30. The standard InChI is InChI=1S/C19H27FN4O/c20-15-3-6-18-17(13-15)19(22-25-18)24-11-9-23(10-12-24)8-7-14-1-4-16(21)5-2-14/h3,6,13-14,16H,1-2,4-5,7-12,21H2/t14-,16-. The van der Waals surface area contributed by atoms with E-state index in [4.69, 9.17) is 10.3 Å². The van der Waals surface area contributed by atoms with Crippen LogP contribution in [0, 0.1) is 11.7 Å². The molecule has 1 aliphatic heterocycles. The molecule has 2 N–H and O–H groups in total. The zero-order chi connectivity index (χ0) is 17.2. The zero-order valence-corrected chi connectivity index (χ0v) is 14.7. The Hall–Kier alpha value is -1.66. The monoisotopic (exact) mass is 346 g/mol. The lowest BCUT2D eigenvalue weighted by atomic mass is 9.84. The number of hydrogen-bond acceptors (Lipinski definition) is 5. The van der Waals surface area contributed by atoms with E-state index in [9.17, 15) is 4.39 Å². The van der Waals surface area contributed by atoms with Crippen LogP contribution in [0.5, 0.6) is 0 Å². The SMILES string of the molecule is N[C@H]1CC[C@H](CCN2CCN(c3noc4ccc(F)cc34)CC2)CC1. The Kier molecular flexibility index (Phi) is 4.90. The summed E-state index contributed by atoms with van der Waals surface area (Å²) in [6, 6.07) is 5.00. The molecular formula is C19H27FN4O. The normalized spacial score (nSPS) is 25.6. The lowest BCUT2D eigenvalue weighted by Crippen LogP contribution is -2.47. The van der Waals surface area contributed by atoms with Crippen molar-refractivity contribution in [1.82, 2.24) is 10.1 Å². The number of hydrogen-bond donors (Lipinski definition) is 1. The predicted octanol–water partition coefficient (Wildman–Crippen LogP) is 3.00. The van der Waals surface area contributed by atoms with E-state index in [-0.39, 0.29) is 5.82 Å². The summed E-state index contributed by atoms with van der Waals surface area (Å²) in [4.78, 5) is 4.75. The molecule has 2 aromatic rings. The van der Waals surface area contributed by atoms with E-state index in [1.807, 2.05) is 0 Å². The van der Waals surface area contributed by atoms with Crippen LogP contribution in [0.2, 0.25) is 0 Å². The molecule has 0 spiro atoms. The summed E-state index contributed by atoms with van der Waals surface area (Å²) in [5, 5.41) is 4.94. The average Bonchev–Trinajstić information content (AvgIpc) is 3.05. The van der Waals surface area contributed by atoms with Gasteiger partial charge >= 0.3 is 0 Å². The van der Waals surface area contributed by atoms with Gasteiger partial charge in [0.15, 0.2) is 11.4 Å². The first kappa shape index (κ1) is 16.8. The van der Waals surface area contributed by atoms with Crippen molar-refractivity contribution in [3.63, 3.8) is 0 Å². The highest BCUT2D eigenvalue weighted by Crippen LogP contribution is 2.28. The maximum atomic E-state index is 13.5. The largest absolute Gasteiger partial charge is 0.354 e. The van der Waals surface area contributed by atoms with E-state index in [2.05, 4.69) is 15.0 Å². The third kappa shape index (κ3) is 3.80. The van der Waals surface area contributed by atoms with Gasteiger partial charge in [0.05, 0.1) is 5.39 Å². The van der Waals surface area contributed by atoms with Crippen molar-refractivity contribution >= 4 is 16.8 Å². The molecule has 25 heavy (non-hydrogen) atoms. The Bertz CT molecular complexity index is 703. The quantitative estimate of drug-likeness (QED) is 0.922. The summed E-state index contributed by atoms with van der Waals surface area (Å²) >= 11 is 0. The molecule has 1 saturated heterocycles. The van der Waals surface area contributed by atoms with Crippen molar-refractivity contribution in [2.75, 3.05) is 37.6 Å². The fourth-order valence-corrected chi connectivity index (χ4v) is 4.15. The van der Waals surface area contributed by atoms with Crippen molar-refractivity contribution in [2.24, 2.45) is 11.7 Å². The molecule has 1 aromatic carbocycles. The lowest BCUT2D eigenvalue weighted by Gasteiger charge is -2.36. The Labute approximate surface area is 147 Å². The minimum Gasteiger partial charge on any atom is -0.354 e. The van der Waals surface area contributed by atoms with Crippen LogP contribution < -0.4 is 10.6 Å². The number of halogens is 1. The van der Waals surface area contributed by atoms with Gasteiger partial charge in [-0.3, -0.25) is 4.90 Å². The third-order valence-corrected chi connectivity index (χ3v) is 5.83. The van der Waals surface area contributed by atoms with Crippen LogP contribution in [0.1, 0.15) is 32.1 Å². The second-order valence-electron chi connectivity index (χ2n) is 7.54. The minimum absolute atomic E-state index is 0.247. The van der Waals surface area contributed by atoms with E-state index >= 15 is 0 Å². The molecular weight excluding hydrogens is 319 g/mol. The molecule has 0 amide bonds. The molecule has 1 aliphatic carbocycles. The van der Waals surface area contributed by atoms with Crippen LogP contribution in [-0.2, 0) is 0 Å². The van der Waals surface area contributed by atoms with Gasteiger partial charge in [0, 0.05) is 32.2 Å². The number of fused-ring (bicyclic) bond motifs is 1. The van der Waals surface area contributed by atoms with Gasteiger partial charge in [-0.25, -0.2) is 4.39 Å². The molecule has 0 radical (unpaired) electrons. The van der Waals surface area contributed by atoms with E-state index in [1.165, 1.54) is 50.8 Å². The van der Waals surface area contributed by atoms with Gasteiger partial charge in [-0.15, -0.1) is 0 Å². The molecule has 0 unspecified atom stereocenters. The second-order valence-corrected chi connectivity index (χ2v) is 7.54. The molecule has 4 rings (SSSR count). The summed E-state index contributed by atoms with van der Waals surface area (Å²) < 4.78 is 18.9. The molecule has 1 aromatic heterocycles. The number of piperazine rings is 1. The van der Waals surface area contributed by atoms with E-state index < -0.39 is 0 Å². The Morgan fingerprint density at radius 2 is 1.88 bits per heavy atom. The topological polar surface area (TPSA) is 58.5 Å². The number of nitrogens with zero attached hydrogens (tertiary/aromatic N) is 3.